The highest BCUT2D eigenvalue weighted by Gasteiger charge is 2.45. The first kappa shape index (κ1) is 23.3. The maximum Gasteiger partial charge on any atom is 0.451 e. The van der Waals surface area contributed by atoms with Crippen LogP contribution in [0.5, 0.6) is 0 Å². The molecule has 1 aliphatic carbocycles. The highest BCUT2D eigenvalue weighted by atomic mass is 16.4. The van der Waals surface area contributed by atoms with Gasteiger partial charge >= 0.3 is 13.1 Å². The molecule has 166 valence electrons. The van der Waals surface area contributed by atoms with Crippen LogP contribution in [0.25, 0.3) is 11.1 Å². The molecule has 2 aromatic rings. The number of anilines is 1. The molecule has 0 aromatic heterocycles. The summed E-state index contributed by atoms with van der Waals surface area (Å²) in [4.78, 5) is 14.3. The average molecular weight is 424 g/mol. The lowest BCUT2D eigenvalue weighted by molar-refractivity contribution is -0.146. The first-order valence-corrected chi connectivity index (χ1v) is 11.1. The van der Waals surface area contributed by atoms with Crippen molar-refractivity contribution in [3.8, 4) is 11.1 Å². The summed E-state index contributed by atoms with van der Waals surface area (Å²) in [6.07, 6.45) is 4.13. The number of rotatable bonds is 10. The molecule has 0 radical (unpaired) electrons. The number of unbranched alkanes of at least 4 members (excludes halogenated alkanes) is 1. The molecule has 0 heterocycles. The molecule has 1 saturated carbocycles. The standard InChI is InChI=1S/C24H33BN2O4/c1-27(21-12-9-19(10-13-21)18-7-3-2-4-8-18)22-14-11-20(17-22)24(26,23(28)29)15-5-6-16-25(30)31/h2-4,7-10,12-13,20,22,30-31H,5-6,11,14-17,26H2,1H3,(H,28,29)/t20-,22-,24-/m0/s1. The molecule has 3 atom stereocenters. The van der Waals surface area contributed by atoms with E-state index in [-0.39, 0.29) is 18.3 Å². The lowest BCUT2D eigenvalue weighted by Gasteiger charge is -2.33. The van der Waals surface area contributed by atoms with E-state index in [1.807, 2.05) is 18.2 Å². The largest absolute Gasteiger partial charge is 0.480 e. The Morgan fingerprint density at radius 1 is 1.06 bits per heavy atom. The first-order chi connectivity index (χ1) is 14.8. The van der Waals surface area contributed by atoms with Crippen molar-refractivity contribution in [3.05, 3.63) is 54.6 Å². The van der Waals surface area contributed by atoms with Gasteiger partial charge in [0.05, 0.1) is 0 Å². The molecule has 0 bridgehead atoms. The average Bonchev–Trinajstić information content (AvgIpc) is 3.27. The van der Waals surface area contributed by atoms with E-state index in [1.165, 1.54) is 11.1 Å². The molecule has 1 aliphatic rings. The van der Waals surface area contributed by atoms with Crippen LogP contribution < -0.4 is 10.6 Å². The van der Waals surface area contributed by atoms with Crippen molar-refractivity contribution in [2.45, 2.75) is 56.4 Å². The molecule has 1 fully saturated rings. The third-order valence-electron chi connectivity index (χ3n) is 6.76. The van der Waals surface area contributed by atoms with Crippen LogP contribution in [-0.2, 0) is 4.79 Å². The molecule has 3 rings (SSSR count). The van der Waals surface area contributed by atoms with Crippen LogP contribution in [0.2, 0.25) is 6.32 Å². The number of nitrogens with zero attached hydrogens (tertiary/aromatic N) is 1. The van der Waals surface area contributed by atoms with E-state index in [4.69, 9.17) is 15.8 Å². The van der Waals surface area contributed by atoms with E-state index < -0.39 is 18.6 Å². The molecular weight excluding hydrogens is 391 g/mol. The maximum atomic E-state index is 12.0. The predicted molar refractivity (Wildman–Crippen MR) is 125 cm³/mol. The lowest BCUT2D eigenvalue weighted by Crippen LogP contribution is -2.53. The van der Waals surface area contributed by atoms with E-state index in [9.17, 15) is 9.90 Å². The Kier molecular flexibility index (Phi) is 7.76. The van der Waals surface area contributed by atoms with Gasteiger partial charge in [0, 0.05) is 18.8 Å². The van der Waals surface area contributed by atoms with Gasteiger partial charge in [0.25, 0.3) is 0 Å². The quantitative estimate of drug-likeness (QED) is 0.344. The number of hydrogen-bond donors (Lipinski definition) is 4. The minimum absolute atomic E-state index is 0.0971. The third-order valence-corrected chi connectivity index (χ3v) is 6.76. The van der Waals surface area contributed by atoms with Gasteiger partial charge in [-0.05, 0) is 61.2 Å². The zero-order chi connectivity index (χ0) is 22.4. The summed E-state index contributed by atoms with van der Waals surface area (Å²) in [5.41, 5.74) is 8.60. The molecule has 7 heteroatoms. The maximum absolute atomic E-state index is 12.0. The number of hydrogen-bond acceptors (Lipinski definition) is 5. The van der Waals surface area contributed by atoms with Gasteiger partial charge in [-0.1, -0.05) is 55.3 Å². The van der Waals surface area contributed by atoms with Crippen molar-refractivity contribution in [2.24, 2.45) is 11.7 Å². The molecule has 0 unspecified atom stereocenters. The van der Waals surface area contributed by atoms with Gasteiger partial charge in [-0.25, -0.2) is 0 Å². The molecule has 2 aromatic carbocycles. The topological polar surface area (TPSA) is 107 Å². The van der Waals surface area contributed by atoms with Crippen LogP contribution >= 0.6 is 0 Å². The monoisotopic (exact) mass is 424 g/mol. The second kappa shape index (κ2) is 10.3. The molecule has 31 heavy (non-hydrogen) atoms. The molecule has 0 aliphatic heterocycles. The van der Waals surface area contributed by atoms with Gasteiger partial charge < -0.3 is 25.8 Å². The third kappa shape index (κ3) is 5.67. The van der Waals surface area contributed by atoms with Crippen molar-refractivity contribution in [3.63, 3.8) is 0 Å². The number of carbonyl (C=O) groups is 1. The minimum Gasteiger partial charge on any atom is -0.480 e. The number of aliphatic carboxylic acids is 1. The highest BCUT2D eigenvalue weighted by Crippen LogP contribution is 2.39. The smallest absolute Gasteiger partial charge is 0.451 e. The Labute approximate surface area is 184 Å². The summed E-state index contributed by atoms with van der Waals surface area (Å²) in [6.45, 7) is 0. The fraction of sp³-hybridized carbons (Fsp3) is 0.458. The molecule has 0 saturated heterocycles. The zero-order valence-electron chi connectivity index (χ0n) is 18.2. The van der Waals surface area contributed by atoms with Gasteiger partial charge in [0.15, 0.2) is 0 Å². The van der Waals surface area contributed by atoms with Gasteiger partial charge in [-0.2, -0.15) is 0 Å². The zero-order valence-corrected chi connectivity index (χ0v) is 18.2. The predicted octanol–water partition coefficient (Wildman–Crippen LogP) is 3.38. The fourth-order valence-electron chi connectivity index (χ4n) is 4.74. The normalized spacial score (nSPS) is 20.3. The summed E-state index contributed by atoms with van der Waals surface area (Å²) in [5, 5.41) is 27.8. The van der Waals surface area contributed by atoms with Gasteiger partial charge in [-0.3, -0.25) is 4.79 Å². The number of nitrogens with two attached hydrogens (primary N) is 1. The summed E-state index contributed by atoms with van der Waals surface area (Å²) in [6, 6.07) is 19.0. The summed E-state index contributed by atoms with van der Waals surface area (Å²) >= 11 is 0. The Balaban J connectivity index is 1.62. The highest BCUT2D eigenvalue weighted by molar-refractivity contribution is 6.40. The summed E-state index contributed by atoms with van der Waals surface area (Å²) in [7, 11) is 0.710. The van der Waals surface area contributed by atoms with Gasteiger partial charge in [0.1, 0.15) is 5.54 Å². The summed E-state index contributed by atoms with van der Waals surface area (Å²) in [5.74, 6) is -1.06. The summed E-state index contributed by atoms with van der Waals surface area (Å²) < 4.78 is 0. The first-order valence-electron chi connectivity index (χ1n) is 11.1. The Bertz CT molecular complexity index is 846. The molecule has 6 nitrogen and oxygen atoms in total. The van der Waals surface area contributed by atoms with Crippen LogP contribution in [0.4, 0.5) is 5.69 Å². The van der Waals surface area contributed by atoms with Gasteiger partial charge in [0.2, 0.25) is 0 Å². The van der Waals surface area contributed by atoms with E-state index >= 15 is 0 Å². The van der Waals surface area contributed by atoms with E-state index in [2.05, 4.69) is 48.3 Å². The Hall–Kier alpha value is -2.35. The second-order valence-electron chi connectivity index (χ2n) is 8.76. The molecule has 0 amide bonds. The molecule has 5 N–H and O–H groups in total. The van der Waals surface area contributed by atoms with E-state index in [1.54, 1.807) is 0 Å². The number of carboxylic acid groups (broad SMARTS) is 1. The van der Waals surface area contributed by atoms with Crippen molar-refractivity contribution < 1.29 is 19.9 Å². The lowest BCUT2D eigenvalue weighted by atomic mass is 9.77. The number of benzene rings is 2. The minimum atomic E-state index is -1.35. The van der Waals surface area contributed by atoms with Crippen molar-refractivity contribution in [1.29, 1.82) is 0 Å². The number of carboxylic acids is 1. The van der Waals surface area contributed by atoms with Crippen LogP contribution in [0, 0.1) is 5.92 Å². The SMILES string of the molecule is CN(c1ccc(-c2ccccc2)cc1)[C@H]1CC[C@H]([C@@](N)(CCCCB(O)O)C(=O)O)C1. The van der Waals surface area contributed by atoms with Crippen LogP contribution in [0.1, 0.15) is 38.5 Å². The Morgan fingerprint density at radius 2 is 1.71 bits per heavy atom. The Morgan fingerprint density at radius 3 is 2.32 bits per heavy atom. The van der Waals surface area contributed by atoms with Crippen molar-refractivity contribution in [2.75, 3.05) is 11.9 Å². The van der Waals surface area contributed by atoms with Crippen molar-refractivity contribution in [1.82, 2.24) is 0 Å². The second-order valence-corrected chi connectivity index (χ2v) is 8.76. The van der Waals surface area contributed by atoms with E-state index in [0.29, 0.717) is 19.3 Å². The fourth-order valence-corrected chi connectivity index (χ4v) is 4.74. The molecule has 0 spiro atoms. The van der Waals surface area contributed by atoms with Gasteiger partial charge in [-0.15, -0.1) is 0 Å². The van der Waals surface area contributed by atoms with E-state index in [0.717, 1.165) is 24.9 Å². The van der Waals surface area contributed by atoms with Crippen LogP contribution in [0.15, 0.2) is 54.6 Å². The van der Waals surface area contributed by atoms with Crippen LogP contribution in [0.3, 0.4) is 0 Å². The molecular formula is C24H33BN2O4. The van der Waals surface area contributed by atoms with Crippen molar-refractivity contribution >= 4 is 18.8 Å². The van der Waals surface area contributed by atoms with Crippen LogP contribution in [-0.4, -0.2) is 46.9 Å².